The zero-order valence-electron chi connectivity index (χ0n) is 10.5. The maximum absolute atomic E-state index is 4.02. The molecule has 0 atom stereocenters. The minimum atomic E-state index is 0.129. The van der Waals surface area contributed by atoms with E-state index in [0.29, 0.717) is 0 Å². The Hall–Kier alpha value is -1.36. The van der Waals surface area contributed by atoms with E-state index in [1.165, 1.54) is 17.3 Å². The maximum Gasteiger partial charge on any atom is 0.213 e. The summed E-state index contributed by atoms with van der Waals surface area (Å²) in [5, 5.41) is 12.5. The van der Waals surface area contributed by atoms with Crippen LogP contribution in [-0.4, -0.2) is 26.5 Å². The molecule has 0 saturated carbocycles. The molecule has 2 aromatic rings. The lowest BCUT2D eigenvalue weighted by molar-refractivity contribution is 0.588. The summed E-state index contributed by atoms with van der Waals surface area (Å²) in [5.74, 6) is 0. The van der Waals surface area contributed by atoms with Crippen LogP contribution in [0.25, 0.3) is 5.69 Å². The highest BCUT2D eigenvalue weighted by molar-refractivity contribution is 7.98. The molecular formula is C12H16N4S. The number of tetrazole rings is 1. The predicted molar refractivity (Wildman–Crippen MR) is 69.6 cm³/mol. The molecule has 1 aromatic carbocycles. The average Bonchev–Trinajstić information content (AvgIpc) is 2.76. The van der Waals surface area contributed by atoms with E-state index in [9.17, 15) is 0 Å². The van der Waals surface area contributed by atoms with Crippen LogP contribution in [0.1, 0.15) is 26.3 Å². The second-order valence-corrected chi connectivity index (χ2v) is 5.65. The van der Waals surface area contributed by atoms with Crippen molar-refractivity contribution in [3.63, 3.8) is 0 Å². The van der Waals surface area contributed by atoms with Gasteiger partial charge >= 0.3 is 0 Å². The van der Waals surface area contributed by atoms with Crippen molar-refractivity contribution in [2.24, 2.45) is 0 Å². The molecule has 2 rings (SSSR count). The number of benzene rings is 1. The van der Waals surface area contributed by atoms with E-state index in [4.69, 9.17) is 0 Å². The second kappa shape index (κ2) is 4.49. The number of rotatable bonds is 2. The van der Waals surface area contributed by atoms with Gasteiger partial charge < -0.3 is 0 Å². The molecule has 90 valence electrons. The minimum Gasteiger partial charge on any atom is -0.188 e. The molecule has 5 heteroatoms. The van der Waals surface area contributed by atoms with Crippen LogP contribution in [0.2, 0.25) is 0 Å². The molecule has 0 spiro atoms. The molecule has 1 heterocycles. The third-order valence-electron chi connectivity index (χ3n) is 2.58. The SMILES string of the molecule is CSc1nnnn1-c1cccc(C(C)(C)C)c1. The second-order valence-electron chi connectivity index (χ2n) is 4.88. The molecule has 0 N–H and O–H groups in total. The molecule has 0 amide bonds. The van der Waals surface area contributed by atoms with Gasteiger partial charge in [-0.25, -0.2) is 0 Å². The quantitative estimate of drug-likeness (QED) is 0.766. The molecule has 0 bridgehead atoms. The topological polar surface area (TPSA) is 43.6 Å². The van der Waals surface area contributed by atoms with Crippen molar-refractivity contribution in [2.75, 3.05) is 6.26 Å². The Morgan fingerprint density at radius 1 is 1.24 bits per heavy atom. The van der Waals surface area contributed by atoms with Crippen molar-refractivity contribution in [1.82, 2.24) is 20.2 Å². The fourth-order valence-electron chi connectivity index (χ4n) is 1.57. The summed E-state index contributed by atoms with van der Waals surface area (Å²) in [4.78, 5) is 0. The van der Waals surface area contributed by atoms with E-state index in [1.807, 2.05) is 18.4 Å². The lowest BCUT2D eigenvalue weighted by Gasteiger charge is -2.19. The first kappa shape index (κ1) is 12.1. The van der Waals surface area contributed by atoms with Crippen LogP contribution in [-0.2, 0) is 5.41 Å². The monoisotopic (exact) mass is 248 g/mol. The third kappa shape index (κ3) is 2.49. The lowest BCUT2D eigenvalue weighted by Crippen LogP contribution is -2.12. The Kier molecular flexibility index (Phi) is 3.19. The molecule has 17 heavy (non-hydrogen) atoms. The van der Waals surface area contributed by atoms with E-state index in [-0.39, 0.29) is 5.41 Å². The molecule has 4 nitrogen and oxygen atoms in total. The summed E-state index contributed by atoms with van der Waals surface area (Å²) >= 11 is 1.54. The van der Waals surface area contributed by atoms with Crippen molar-refractivity contribution in [1.29, 1.82) is 0 Å². The molecule has 0 fully saturated rings. The number of aromatic nitrogens is 4. The van der Waals surface area contributed by atoms with Gasteiger partial charge in [0.25, 0.3) is 0 Å². The first-order valence-electron chi connectivity index (χ1n) is 5.45. The van der Waals surface area contributed by atoms with Crippen LogP contribution < -0.4 is 0 Å². The van der Waals surface area contributed by atoms with Gasteiger partial charge in [0.05, 0.1) is 5.69 Å². The Balaban J connectivity index is 2.47. The van der Waals surface area contributed by atoms with Crippen molar-refractivity contribution < 1.29 is 0 Å². The Bertz CT molecular complexity index is 513. The van der Waals surface area contributed by atoms with Gasteiger partial charge in [-0.3, -0.25) is 0 Å². The Morgan fingerprint density at radius 3 is 2.65 bits per heavy atom. The Labute approximate surface area is 105 Å². The van der Waals surface area contributed by atoms with E-state index in [0.717, 1.165) is 10.8 Å². The van der Waals surface area contributed by atoms with Gasteiger partial charge in [-0.05, 0) is 39.8 Å². The molecule has 0 aliphatic heterocycles. The van der Waals surface area contributed by atoms with E-state index >= 15 is 0 Å². The zero-order valence-corrected chi connectivity index (χ0v) is 11.3. The van der Waals surface area contributed by atoms with Gasteiger partial charge in [0.15, 0.2) is 0 Å². The van der Waals surface area contributed by atoms with E-state index in [1.54, 1.807) is 4.68 Å². The van der Waals surface area contributed by atoms with Crippen molar-refractivity contribution >= 4 is 11.8 Å². The first-order valence-corrected chi connectivity index (χ1v) is 6.68. The van der Waals surface area contributed by atoms with Crippen LogP contribution in [0, 0.1) is 0 Å². The highest BCUT2D eigenvalue weighted by atomic mass is 32.2. The number of nitrogens with zero attached hydrogens (tertiary/aromatic N) is 4. The number of hydrogen-bond donors (Lipinski definition) is 0. The first-order chi connectivity index (χ1) is 8.02. The van der Waals surface area contributed by atoms with Crippen molar-refractivity contribution in [3.8, 4) is 5.69 Å². The highest BCUT2D eigenvalue weighted by Crippen LogP contribution is 2.25. The summed E-state index contributed by atoms with van der Waals surface area (Å²) in [6, 6.07) is 8.33. The summed E-state index contributed by atoms with van der Waals surface area (Å²) in [5.41, 5.74) is 2.41. The number of hydrogen-bond acceptors (Lipinski definition) is 4. The fourth-order valence-corrected chi connectivity index (χ4v) is 2.01. The maximum atomic E-state index is 4.02. The standard InChI is InChI=1S/C12H16N4S/c1-12(2,3)9-6-5-7-10(8-9)16-11(17-4)13-14-15-16/h5-8H,1-4H3. The largest absolute Gasteiger partial charge is 0.213 e. The zero-order chi connectivity index (χ0) is 12.5. The number of thioether (sulfide) groups is 1. The van der Waals surface area contributed by atoms with Crippen LogP contribution in [0.15, 0.2) is 29.4 Å². The van der Waals surface area contributed by atoms with Gasteiger partial charge in [-0.15, -0.1) is 5.10 Å². The summed E-state index contributed by atoms with van der Waals surface area (Å²) in [7, 11) is 0. The molecule has 0 radical (unpaired) electrons. The Morgan fingerprint density at radius 2 is 2.00 bits per heavy atom. The van der Waals surface area contributed by atoms with E-state index in [2.05, 4.69) is 48.4 Å². The van der Waals surface area contributed by atoms with Gasteiger partial charge in [0.1, 0.15) is 0 Å². The highest BCUT2D eigenvalue weighted by Gasteiger charge is 2.15. The molecule has 0 aliphatic carbocycles. The minimum absolute atomic E-state index is 0.129. The summed E-state index contributed by atoms with van der Waals surface area (Å²) in [6.45, 7) is 6.59. The molecule has 0 aliphatic rings. The van der Waals surface area contributed by atoms with Gasteiger partial charge in [-0.1, -0.05) is 44.7 Å². The average molecular weight is 248 g/mol. The normalized spacial score (nSPS) is 11.8. The van der Waals surface area contributed by atoms with Gasteiger partial charge in [-0.2, -0.15) is 4.68 Å². The smallest absolute Gasteiger partial charge is 0.188 e. The van der Waals surface area contributed by atoms with Crippen LogP contribution in [0.3, 0.4) is 0 Å². The van der Waals surface area contributed by atoms with E-state index < -0.39 is 0 Å². The van der Waals surface area contributed by atoms with Crippen molar-refractivity contribution in [3.05, 3.63) is 29.8 Å². The molecular weight excluding hydrogens is 232 g/mol. The summed E-state index contributed by atoms with van der Waals surface area (Å²) < 4.78 is 1.76. The third-order valence-corrected chi connectivity index (χ3v) is 3.20. The molecule has 1 aromatic heterocycles. The van der Waals surface area contributed by atoms with Gasteiger partial charge in [0.2, 0.25) is 5.16 Å². The van der Waals surface area contributed by atoms with Crippen LogP contribution >= 0.6 is 11.8 Å². The van der Waals surface area contributed by atoms with Crippen LogP contribution in [0.4, 0.5) is 0 Å². The molecule has 0 saturated heterocycles. The fraction of sp³-hybridized carbons (Fsp3) is 0.417. The lowest BCUT2D eigenvalue weighted by atomic mass is 9.87. The molecule has 0 unspecified atom stereocenters. The van der Waals surface area contributed by atoms with Crippen molar-refractivity contribution in [2.45, 2.75) is 31.3 Å². The van der Waals surface area contributed by atoms with Crippen LogP contribution in [0.5, 0.6) is 0 Å². The summed E-state index contributed by atoms with van der Waals surface area (Å²) in [6.07, 6.45) is 1.97. The predicted octanol–water partition coefficient (Wildman–Crippen LogP) is 2.68. The van der Waals surface area contributed by atoms with Gasteiger partial charge in [0, 0.05) is 0 Å².